The third kappa shape index (κ3) is 1.67. The van der Waals surface area contributed by atoms with E-state index in [4.69, 9.17) is 10.8 Å². The van der Waals surface area contributed by atoms with Gasteiger partial charge in [-0.05, 0) is 0 Å². The van der Waals surface area contributed by atoms with Crippen LogP contribution in [0.2, 0.25) is 0 Å². The third-order valence-electron chi connectivity index (χ3n) is 2.01. The van der Waals surface area contributed by atoms with Crippen molar-refractivity contribution in [1.29, 1.82) is 0 Å². The van der Waals surface area contributed by atoms with Crippen molar-refractivity contribution in [3.8, 4) is 0 Å². The van der Waals surface area contributed by atoms with Gasteiger partial charge in [-0.2, -0.15) is 0 Å². The van der Waals surface area contributed by atoms with E-state index in [2.05, 4.69) is 20.6 Å². The van der Waals surface area contributed by atoms with Crippen LogP contribution in [0.1, 0.15) is 11.7 Å². The number of aliphatic hydroxyl groups is 1. The van der Waals surface area contributed by atoms with Crippen LogP contribution in [-0.4, -0.2) is 39.2 Å². The molecule has 1 aromatic heterocycles. The third-order valence-corrected chi connectivity index (χ3v) is 2.01. The molecule has 7 heteroatoms. The molecule has 0 aromatic carbocycles. The minimum atomic E-state index is 0.0162. The summed E-state index contributed by atoms with van der Waals surface area (Å²) >= 11 is 0. The summed E-state index contributed by atoms with van der Waals surface area (Å²) in [6.45, 7) is 1.10. The molecule has 2 heterocycles. The maximum Gasteiger partial charge on any atom is 0.189 e. The highest BCUT2D eigenvalue weighted by Gasteiger charge is 2.20. The van der Waals surface area contributed by atoms with Crippen molar-refractivity contribution >= 4 is 5.96 Å². The quantitative estimate of drug-likeness (QED) is 0.531. The maximum absolute atomic E-state index is 8.69. The van der Waals surface area contributed by atoms with Crippen LogP contribution in [0, 0.1) is 0 Å². The van der Waals surface area contributed by atoms with E-state index < -0.39 is 0 Å². The molecular weight excluding hydrogens is 184 g/mol. The molecule has 0 bridgehead atoms. The van der Waals surface area contributed by atoms with E-state index in [1.165, 1.54) is 0 Å². The standard InChI is InChI=1S/C7H12N6O/c8-7-9-3-5(10-7)6-4-13(1-2-14)12-11-6/h4-5,14H,1-3H2,(H3,8,9,10). The molecule has 1 aliphatic rings. The molecular formula is C7H12N6O. The summed E-state index contributed by atoms with van der Waals surface area (Å²) < 4.78 is 1.59. The van der Waals surface area contributed by atoms with Gasteiger partial charge in [0.25, 0.3) is 0 Å². The first-order valence-electron chi connectivity index (χ1n) is 4.37. The Balaban J connectivity index is 2.03. The Bertz CT molecular complexity index is 346. The largest absolute Gasteiger partial charge is 0.394 e. The van der Waals surface area contributed by atoms with Crippen LogP contribution in [0.3, 0.4) is 0 Å². The zero-order chi connectivity index (χ0) is 9.97. The topological polar surface area (TPSA) is 101 Å². The molecule has 0 saturated carbocycles. The molecule has 76 valence electrons. The fourth-order valence-corrected chi connectivity index (χ4v) is 1.31. The van der Waals surface area contributed by atoms with Crippen molar-refractivity contribution in [2.75, 3.05) is 13.2 Å². The van der Waals surface area contributed by atoms with Gasteiger partial charge in [0.05, 0.1) is 31.9 Å². The molecule has 0 amide bonds. The summed E-state index contributed by atoms with van der Waals surface area (Å²) in [5.41, 5.74) is 6.27. The van der Waals surface area contributed by atoms with Crippen LogP contribution in [0.4, 0.5) is 0 Å². The second-order valence-corrected chi connectivity index (χ2v) is 3.05. The van der Waals surface area contributed by atoms with Crippen molar-refractivity contribution in [1.82, 2.24) is 20.3 Å². The Labute approximate surface area is 80.6 Å². The average Bonchev–Trinajstić information content (AvgIpc) is 2.74. The highest BCUT2D eigenvalue weighted by atomic mass is 16.3. The molecule has 1 atom stereocenters. The number of nitrogens with zero attached hydrogens (tertiary/aromatic N) is 4. The van der Waals surface area contributed by atoms with Gasteiger partial charge >= 0.3 is 0 Å². The van der Waals surface area contributed by atoms with Gasteiger partial charge in [0.1, 0.15) is 5.69 Å². The lowest BCUT2D eigenvalue weighted by molar-refractivity contribution is 0.268. The van der Waals surface area contributed by atoms with Crippen molar-refractivity contribution in [2.24, 2.45) is 10.7 Å². The number of aliphatic imine (C=N–C) groups is 1. The number of aliphatic hydroxyl groups excluding tert-OH is 1. The van der Waals surface area contributed by atoms with E-state index >= 15 is 0 Å². The summed E-state index contributed by atoms with van der Waals surface area (Å²) in [4.78, 5) is 4.01. The smallest absolute Gasteiger partial charge is 0.189 e. The van der Waals surface area contributed by atoms with Crippen LogP contribution >= 0.6 is 0 Å². The molecule has 4 N–H and O–H groups in total. The Morgan fingerprint density at radius 2 is 2.57 bits per heavy atom. The van der Waals surface area contributed by atoms with Gasteiger partial charge in [-0.1, -0.05) is 5.21 Å². The number of hydrogen-bond donors (Lipinski definition) is 3. The normalized spacial score (nSPS) is 20.6. The minimum Gasteiger partial charge on any atom is -0.394 e. The fourth-order valence-electron chi connectivity index (χ4n) is 1.31. The number of hydrogen-bond acceptors (Lipinski definition) is 6. The Morgan fingerprint density at radius 1 is 1.71 bits per heavy atom. The predicted molar refractivity (Wildman–Crippen MR) is 49.5 cm³/mol. The summed E-state index contributed by atoms with van der Waals surface area (Å²) in [7, 11) is 0. The SMILES string of the molecule is NC1=NCC(c2cn(CCO)nn2)N1. The number of rotatable bonds is 3. The lowest BCUT2D eigenvalue weighted by Crippen LogP contribution is -2.29. The number of nitrogens with two attached hydrogens (primary N) is 1. The van der Waals surface area contributed by atoms with Crippen LogP contribution < -0.4 is 11.1 Å². The van der Waals surface area contributed by atoms with Gasteiger partial charge < -0.3 is 16.2 Å². The molecule has 0 spiro atoms. The molecule has 1 aliphatic heterocycles. The lowest BCUT2D eigenvalue weighted by Gasteiger charge is -2.04. The zero-order valence-electron chi connectivity index (χ0n) is 7.59. The van der Waals surface area contributed by atoms with Crippen molar-refractivity contribution in [3.05, 3.63) is 11.9 Å². The molecule has 0 aliphatic carbocycles. The van der Waals surface area contributed by atoms with E-state index in [9.17, 15) is 0 Å². The number of nitrogens with one attached hydrogen (secondary N) is 1. The van der Waals surface area contributed by atoms with Gasteiger partial charge in [-0.3, -0.25) is 4.99 Å². The molecule has 0 saturated heterocycles. The van der Waals surface area contributed by atoms with E-state index in [0.29, 0.717) is 19.0 Å². The lowest BCUT2D eigenvalue weighted by atomic mass is 10.2. The van der Waals surface area contributed by atoms with Gasteiger partial charge in [0, 0.05) is 0 Å². The monoisotopic (exact) mass is 196 g/mol. The van der Waals surface area contributed by atoms with Crippen LogP contribution in [-0.2, 0) is 6.54 Å². The summed E-state index contributed by atoms with van der Waals surface area (Å²) in [6.07, 6.45) is 1.78. The van der Waals surface area contributed by atoms with E-state index in [1.54, 1.807) is 10.9 Å². The molecule has 0 radical (unpaired) electrons. The molecule has 1 aromatic rings. The van der Waals surface area contributed by atoms with Gasteiger partial charge in [0.2, 0.25) is 0 Å². The van der Waals surface area contributed by atoms with Crippen molar-refractivity contribution in [3.63, 3.8) is 0 Å². The van der Waals surface area contributed by atoms with Gasteiger partial charge in [-0.15, -0.1) is 5.10 Å². The number of guanidine groups is 1. The second-order valence-electron chi connectivity index (χ2n) is 3.05. The highest BCUT2D eigenvalue weighted by Crippen LogP contribution is 2.12. The average molecular weight is 196 g/mol. The number of aromatic nitrogens is 3. The maximum atomic E-state index is 8.69. The van der Waals surface area contributed by atoms with Crippen molar-refractivity contribution < 1.29 is 5.11 Å². The first kappa shape index (κ1) is 8.95. The summed E-state index contributed by atoms with van der Waals surface area (Å²) in [5.74, 6) is 0.437. The molecule has 2 rings (SSSR count). The van der Waals surface area contributed by atoms with Crippen molar-refractivity contribution in [2.45, 2.75) is 12.6 Å². The summed E-state index contributed by atoms with van der Waals surface area (Å²) in [5, 5.41) is 19.5. The Hall–Kier alpha value is -1.63. The first-order valence-corrected chi connectivity index (χ1v) is 4.37. The van der Waals surface area contributed by atoms with Crippen LogP contribution in [0.25, 0.3) is 0 Å². The van der Waals surface area contributed by atoms with Gasteiger partial charge in [0.15, 0.2) is 5.96 Å². The summed E-state index contributed by atoms with van der Waals surface area (Å²) in [6, 6.07) is 0.0162. The predicted octanol–water partition coefficient (Wildman–Crippen LogP) is -1.77. The first-order chi connectivity index (χ1) is 6.79. The fraction of sp³-hybridized carbons (Fsp3) is 0.571. The van der Waals surface area contributed by atoms with E-state index in [-0.39, 0.29) is 12.6 Å². The van der Waals surface area contributed by atoms with Gasteiger partial charge in [-0.25, -0.2) is 4.68 Å². The van der Waals surface area contributed by atoms with E-state index in [0.717, 1.165) is 5.69 Å². The van der Waals surface area contributed by atoms with Crippen LogP contribution in [0.5, 0.6) is 0 Å². The van der Waals surface area contributed by atoms with E-state index in [1.807, 2.05) is 0 Å². The minimum absolute atomic E-state index is 0.0162. The highest BCUT2D eigenvalue weighted by molar-refractivity contribution is 5.79. The Morgan fingerprint density at radius 3 is 3.21 bits per heavy atom. The molecule has 14 heavy (non-hydrogen) atoms. The zero-order valence-corrected chi connectivity index (χ0v) is 7.59. The second kappa shape index (κ2) is 3.62. The Kier molecular flexibility index (Phi) is 2.32. The molecule has 1 unspecified atom stereocenters. The van der Waals surface area contributed by atoms with Crippen LogP contribution in [0.15, 0.2) is 11.2 Å². The molecule has 7 nitrogen and oxygen atoms in total. The molecule has 0 fully saturated rings.